The quantitative estimate of drug-likeness (QED) is 0.00683. The van der Waals surface area contributed by atoms with Crippen molar-refractivity contribution in [1.82, 2.24) is 15.0 Å². The lowest BCUT2D eigenvalue weighted by atomic mass is 9.98. The first kappa shape index (κ1) is 98.7. The lowest BCUT2D eigenvalue weighted by Gasteiger charge is -2.12. The van der Waals surface area contributed by atoms with Gasteiger partial charge < -0.3 is 42.6 Å². The minimum Gasteiger partial charge on any atom is -0.494 e. The third-order valence-corrected chi connectivity index (χ3v) is 23.8. The molecule has 15 aromatic rings. The average Bonchev–Trinajstić information content (AvgIpc) is 1.16. The Kier molecular flexibility index (Phi) is 37.0. The topological polar surface area (TPSA) is 289 Å². The molecule has 0 saturated carbocycles. The van der Waals surface area contributed by atoms with Gasteiger partial charge in [0.15, 0.2) is 0 Å². The Morgan fingerprint density at radius 3 is 1.12 bits per heavy atom. The lowest BCUT2D eigenvalue weighted by Crippen LogP contribution is -2.11. The van der Waals surface area contributed by atoms with Crippen molar-refractivity contribution >= 4 is 135 Å². The zero-order valence-electron chi connectivity index (χ0n) is 76.4. The van der Waals surface area contributed by atoms with E-state index in [0.29, 0.717) is 113 Å². The highest BCUT2D eigenvalue weighted by atomic mass is 32.1. The van der Waals surface area contributed by atoms with Crippen LogP contribution in [0.25, 0.3) is 64.0 Å². The lowest BCUT2D eigenvalue weighted by molar-refractivity contribution is -0.138. The van der Waals surface area contributed by atoms with Gasteiger partial charge in [-0.15, -0.1) is 0 Å². The first-order valence-corrected chi connectivity index (χ1v) is 47.3. The zero-order valence-corrected chi connectivity index (χ0v) is 78.8. The number of esters is 6. The summed E-state index contributed by atoms with van der Waals surface area (Å²) in [5.41, 5.74) is 22.0. The van der Waals surface area contributed by atoms with Crippen molar-refractivity contribution in [2.24, 2.45) is 15.3 Å². The molecule has 12 aromatic carbocycles. The van der Waals surface area contributed by atoms with Crippen LogP contribution in [0.5, 0.6) is 34.5 Å². The molecule has 15 rings (SSSR count). The molecule has 0 radical (unpaired) electrons. The van der Waals surface area contributed by atoms with Gasteiger partial charge in [0.2, 0.25) is 15.4 Å². The van der Waals surface area contributed by atoms with Gasteiger partial charge in [0, 0.05) is 54.8 Å². The molecular weight excluding hydrogens is 1780 g/mol. The Morgan fingerprint density at radius 2 is 0.715 bits per heavy atom. The molecule has 3 aromatic heterocycles. The zero-order chi connectivity index (χ0) is 95.9. The van der Waals surface area contributed by atoms with Gasteiger partial charge in [-0.3, -0.25) is 10.9 Å². The molecule has 0 aliphatic heterocycles. The summed E-state index contributed by atoms with van der Waals surface area (Å²) in [7, 11) is 1.84. The van der Waals surface area contributed by atoms with Crippen LogP contribution < -0.4 is 44.3 Å². The first-order valence-electron chi connectivity index (χ1n) is 44.8. The Bertz CT molecular complexity index is 6620. The van der Waals surface area contributed by atoms with E-state index in [1.165, 1.54) is 39.4 Å². The Morgan fingerprint density at radius 1 is 0.358 bits per heavy atom. The van der Waals surface area contributed by atoms with E-state index in [4.69, 9.17) is 42.6 Å². The number of hydrogen-bond acceptors (Lipinski definition) is 27. The molecule has 0 aliphatic rings. The molecule has 27 heteroatoms. The fraction of sp³-hybridized carbons (Fsp3) is 0.182. The van der Waals surface area contributed by atoms with Crippen molar-refractivity contribution in [3.63, 3.8) is 0 Å². The number of benzene rings is 12. The average molecular weight is 1890 g/mol. The molecule has 0 fully saturated rings. The second-order valence-corrected chi connectivity index (χ2v) is 33.9. The van der Waals surface area contributed by atoms with E-state index in [1.807, 2.05) is 104 Å². The smallest absolute Gasteiger partial charge is 0.343 e. The van der Waals surface area contributed by atoms with Crippen molar-refractivity contribution in [1.29, 1.82) is 0 Å². The van der Waals surface area contributed by atoms with Gasteiger partial charge in [0.25, 0.3) is 0 Å². The highest BCUT2D eigenvalue weighted by molar-refractivity contribution is 7.22. The van der Waals surface area contributed by atoms with E-state index >= 15 is 0 Å². The molecular formula is C110H103N9O15S3. The number of nitrogens with zero attached hydrogens (tertiary/aromatic N) is 7. The van der Waals surface area contributed by atoms with Gasteiger partial charge >= 0.3 is 35.8 Å². The summed E-state index contributed by atoms with van der Waals surface area (Å²) in [6.07, 6.45) is 17.3. The number of ether oxygens (including phenoxy) is 9. The number of hydrazone groups is 3. The molecule has 24 nitrogen and oxygen atoms in total. The third kappa shape index (κ3) is 29.8. The molecule has 0 amide bonds. The van der Waals surface area contributed by atoms with E-state index in [-0.39, 0.29) is 13.2 Å². The molecule has 0 aliphatic carbocycles. The predicted molar refractivity (Wildman–Crippen MR) is 548 cm³/mol. The molecule has 0 unspecified atom stereocenters. The normalized spacial score (nSPS) is 11.0. The molecule has 3 heterocycles. The number of unbranched alkanes of at least 4 members (excludes halogenated alkanes) is 1. The predicted octanol–water partition coefficient (Wildman–Crippen LogP) is 24.7. The van der Waals surface area contributed by atoms with Gasteiger partial charge in [-0.05, 0) is 228 Å². The molecule has 137 heavy (non-hydrogen) atoms. The minimum absolute atomic E-state index is 0.236. The highest BCUT2D eigenvalue weighted by Gasteiger charge is 2.20. The van der Waals surface area contributed by atoms with Crippen LogP contribution in [0.1, 0.15) is 130 Å². The van der Waals surface area contributed by atoms with Gasteiger partial charge in [-0.1, -0.05) is 221 Å². The van der Waals surface area contributed by atoms with Crippen molar-refractivity contribution in [2.45, 2.75) is 85.0 Å². The molecule has 0 spiro atoms. The summed E-state index contributed by atoms with van der Waals surface area (Å²) in [6, 6.07) is 86.2. The van der Waals surface area contributed by atoms with Crippen molar-refractivity contribution in [3.8, 4) is 67.9 Å². The monoisotopic (exact) mass is 1890 g/mol. The Labute approximate surface area is 807 Å². The molecule has 696 valence electrons. The molecule has 0 atom stereocenters. The van der Waals surface area contributed by atoms with Crippen molar-refractivity contribution < 1.29 is 71.4 Å². The van der Waals surface area contributed by atoms with E-state index < -0.39 is 35.8 Å². The fourth-order valence-electron chi connectivity index (χ4n) is 13.8. The van der Waals surface area contributed by atoms with Crippen molar-refractivity contribution in [3.05, 3.63) is 361 Å². The summed E-state index contributed by atoms with van der Waals surface area (Å²) in [6.45, 7) is 18.6. The number of nitrogens with one attached hydrogen (secondary N) is 2. The van der Waals surface area contributed by atoms with Crippen LogP contribution in [0.2, 0.25) is 0 Å². The van der Waals surface area contributed by atoms with Gasteiger partial charge in [-0.25, -0.2) is 48.7 Å². The van der Waals surface area contributed by atoms with E-state index in [9.17, 15) is 28.8 Å². The molecule has 0 bridgehead atoms. The summed E-state index contributed by atoms with van der Waals surface area (Å²) in [5.74, 6) is 0.140. The van der Waals surface area contributed by atoms with E-state index in [0.717, 1.165) is 143 Å². The van der Waals surface area contributed by atoms with Crippen LogP contribution in [0.3, 0.4) is 0 Å². The number of aryl methyl sites for hydroxylation is 3. The molecule has 0 saturated heterocycles. The second kappa shape index (κ2) is 51.4. The highest BCUT2D eigenvalue weighted by Crippen LogP contribution is 2.35. The van der Waals surface area contributed by atoms with Crippen LogP contribution in [-0.2, 0) is 47.9 Å². The summed E-state index contributed by atoms with van der Waals surface area (Å²) >= 11 is 4.60. The maximum Gasteiger partial charge on any atom is 0.343 e. The first-order chi connectivity index (χ1) is 67.0. The standard InChI is InChI=1S/2C37H35N3O5S.C36H33N3O5S/c1-4-9-26-12-14-27(15-13-26)29-18-21-33(30(24-29)25-38-40(3)37-39-32-10-6-7-11-34(32)46-37)45-36(42)28-16-19-31(20-17-28)43-22-8-23-44-35(41)5-2;1-3-9-26-12-14-27(15-13-26)32-21-20-31(24-29(32)25-38-40-37-39-33-10-5-6-11-34(33)46-37)45-36(42)28-16-18-30(19-17-28)43-22-7-8-23-44-35(41)4-2;1-3-8-25-11-13-26(14-12-25)31-20-19-30(23-28(31)24-37-39-36-38-32-9-5-6-10-33(32)45-36)44-35(41)27-15-17-29(18-16-27)42-21-7-22-43-34(40)4-2/h5-7,10-21,24-25H,2,4,8-9,22-23H2,1,3H3;4-6,10-21,24-25H,2-3,7-9,22-23H2,1H3,(H,39,40);4-6,9-20,23-24H,2-3,7-8,21-22H2,1H3,(H,38,39)/b2*38-25+;37-24+. The Hall–Kier alpha value is -15.8. The van der Waals surface area contributed by atoms with Crippen LogP contribution in [0.4, 0.5) is 15.4 Å². The number of para-hydroxylation sites is 3. The van der Waals surface area contributed by atoms with Gasteiger partial charge in [-0.2, -0.15) is 15.3 Å². The van der Waals surface area contributed by atoms with Crippen LogP contribution in [-0.4, -0.2) is 116 Å². The number of rotatable bonds is 43. The number of carbonyl (C=O) groups excluding carboxylic acids is 6. The van der Waals surface area contributed by atoms with Crippen LogP contribution in [0.15, 0.2) is 326 Å². The maximum atomic E-state index is 13.2. The third-order valence-electron chi connectivity index (χ3n) is 20.8. The maximum absolute atomic E-state index is 13.2. The molecule has 2 N–H and O–H groups in total. The SMILES string of the molecule is C=CC(=O)OCCCCOc1ccc(C(=O)Oc2ccc(-c3ccc(CCC)cc3)c(/C=N/Nc3nc4ccccc4s3)c2)cc1.C=CC(=O)OCCCOc1ccc(C(=O)Oc2ccc(-c3ccc(CCC)cc3)c(/C=N/Nc3nc4ccccc4s3)c2)cc1.C=CC(=O)OCCCOc1ccc(C(=O)Oc2ccc(-c3ccc(CCC)cc3)cc2/C=N/N(C)c2nc3ccccc3s2)cc1. The van der Waals surface area contributed by atoms with Crippen molar-refractivity contribution in [2.75, 3.05) is 62.5 Å². The van der Waals surface area contributed by atoms with Crippen LogP contribution >= 0.6 is 34.0 Å². The Balaban J connectivity index is 0.000000174. The number of thiazole rings is 3. The summed E-state index contributed by atoms with van der Waals surface area (Å²) in [4.78, 5) is 86.4. The van der Waals surface area contributed by atoms with Crippen LogP contribution in [0, 0.1) is 0 Å². The second-order valence-electron chi connectivity index (χ2n) is 30.9. The largest absolute Gasteiger partial charge is 0.494 e. The van der Waals surface area contributed by atoms with E-state index in [2.05, 4.69) is 154 Å². The number of carbonyl (C=O) groups is 6. The van der Waals surface area contributed by atoms with Gasteiger partial charge in [0.05, 0.1) is 106 Å². The van der Waals surface area contributed by atoms with E-state index in [1.54, 1.807) is 138 Å². The number of hydrogen-bond donors (Lipinski definition) is 2. The minimum atomic E-state index is -0.506. The summed E-state index contributed by atoms with van der Waals surface area (Å²) < 4.78 is 52.5. The number of anilines is 3. The summed E-state index contributed by atoms with van der Waals surface area (Å²) in [5, 5.41) is 17.4. The fourth-order valence-corrected chi connectivity index (χ4v) is 16.3. The van der Waals surface area contributed by atoms with Gasteiger partial charge in [0.1, 0.15) is 34.5 Å². The number of aromatic nitrogens is 3. The number of fused-ring (bicyclic) bond motifs is 3.